The SMILES string of the molecule is O=C(Cc1ccccc1O)N[C@@H](Cn1cccn1)c1ccccc1. The Labute approximate surface area is 140 Å². The van der Waals surface area contributed by atoms with Crippen LogP contribution in [0, 0.1) is 0 Å². The lowest BCUT2D eigenvalue weighted by molar-refractivity contribution is -0.121. The third-order valence-electron chi connectivity index (χ3n) is 3.81. The van der Waals surface area contributed by atoms with Gasteiger partial charge < -0.3 is 10.4 Å². The van der Waals surface area contributed by atoms with E-state index in [0.717, 1.165) is 5.56 Å². The van der Waals surface area contributed by atoms with Crippen molar-refractivity contribution in [3.63, 3.8) is 0 Å². The Kier molecular flexibility index (Phi) is 4.91. The Balaban J connectivity index is 1.74. The minimum atomic E-state index is -0.190. The van der Waals surface area contributed by atoms with Crippen LogP contribution in [-0.2, 0) is 17.8 Å². The number of phenols is 1. The number of nitrogens with one attached hydrogen (secondary N) is 1. The summed E-state index contributed by atoms with van der Waals surface area (Å²) in [4.78, 5) is 12.4. The van der Waals surface area contributed by atoms with E-state index in [0.29, 0.717) is 12.1 Å². The molecular weight excluding hydrogens is 302 g/mol. The van der Waals surface area contributed by atoms with Gasteiger partial charge in [0.2, 0.25) is 5.91 Å². The molecule has 0 radical (unpaired) electrons. The quantitative estimate of drug-likeness (QED) is 0.733. The van der Waals surface area contributed by atoms with E-state index >= 15 is 0 Å². The van der Waals surface area contributed by atoms with Crippen LogP contribution in [0.1, 0.15) is 17.2 Å². The summed E-state index contributed by atoms with van der Waals surface area (Å²) < 4.78 is 1.79. The molecule has 0 aliphatic heterocycles. The molecule has 1 atom stereocenters. The maximum absolute atomic E-state index is 12.4. The number of nitrogens with zero attached hydrogens (tertiary/aromatic N) is 2. The smallest absolute Gasteiger partial charge is 0.225 e. The number of carbonyl (C=O) groups is 1. The van der Waals surface area contributed by atoms with Crippen LogP contribution in [-0.4, -0.2) is 20.8 Å². The monoisotopic (exact) mass is 321 g/mol. The van der Waals surface area contributed by atoms with Gasteiger partial charge in [0, 0.05) is 18.0 Å². The van der Waals surface area contributed by atoms with Gasteiger partial charge in [-0.2, -0.15) is 5.10 Å². The van der Waals surface area contributed by atoms with Crippen molar-refractivity contribution < 1.29 is 9.90 Å². The number of aromatic nitrogens is 2. The summed E-state index contributed by atoms with van der Waals surface area (Å²) >= 11 is 0. The van der Waals surface area contributed by atoms with Crippen LogP contribution in [0.5, 0.6) is 5.75 Å². The zero-order chi connectivity index (χ0) is 16.8. The molecule has 0 unspecified atom stereocenters. The van der Waals surface area contributed by atoms with Crippen molar-refractivity contribution in [1.82, 2.24) is 15.1 Å². The summed E-state index contributed by atoms with van der Waals surface area (Å²) in [5.74, 6) is -0.00602. The summed E-state index contributed by atoms with van der Waals surface area (Å²) in [7, 11) is 0. The fourth-order valence-electron chi connectivity index (χ4n) is 2.59. The number of benzene rings is 2. The summed E-state index contributed by atoms with van der Waals surface area (Å²) in [6.45, 7) is 0.545. The van der Waals surface area contributed by atoms with E-state index in [-0.39, 0.29) is 24.1 Å². The molecule has 5 heteroatoms. The van der Waals surface area contributed by atoms with Crippen LogP contribution in [0.4, 0.5) is 0 Å². The number of rotatable bonds is 6. The topological polar surface area (TPSA) is 67.2 Å². The molecule has 122 valence electrons. The summed E-state index contributed by atoms with van der Waals surface area (Å²) in [5, 5.41) is 17.1. The number of aromatic hydroxyl groups is 1. The lowest BCUT2D eigenvalue weighted by Crippen LogP contribution is -2.32. The van der Waals surface area contributed by atoms with Crippen molar-refractivity contribution >= 4 is 5.91 Å². The van der Waals surface area contributed by atoms with Gasteiger partial charge in [0.15, 0.2) is 0 Å². The number of phenolic OH excluding ortho intramolecular Hbond substituents is 1. The predicted octanol–water partition coefficient (Wildman–Crippen LogP) is 2.69. The summed E-state index contributed by atoms with van der Waals surface area (Å²) in [6.07, 6.45) is 3.71. The standard InChI is InChI=1S/C19H19N3O2/c23-18-10-5-4-9-16(18)13-19(24)21-17(14-22-12-6-11-20-22)15-7-2-1-3-8-15/h1-12,17,23H,13-14H2,(H,21,24)/t17-/m0/s1. The van der Waals surface area contributed by atoms with E-state index in [4.69, 9.17) is 0 Å². The number of para-hydroxylation sites is 1. The van der Waals surface area contributed by atoms with Crippen LogP contribution in [0.15, 0.2) is 73.1 Å². The molecule has 1 heterocycles. The number of amides is 1. The molecule has 2 N–H and O–H groups in total. The van der Waals surface area contributed by atoms with E-state index in [1.807, 2.05) is 42.6 Å². The van der Waals surface area contributed by atoms with Gasteiger partial charge in [-0.05, 0) is 17.7 Å². The lowest BCUT2D eigenvalue weighted by Gasteiger charge is -2.19. The average molecular weight is 321 g/mol. The van der Waals surface area contributed by atoms with E-state index in [1.54, 1.807) is 35.1 Å². The Morgan fingerprint density at radius 2 is 1.83 bits per heavy atom. The Morgan fingerprint density at radius 3 is 2.54 bits per heavy atom. The first kappa shape index (κ1) is 15.8. The fourth-order valence-corrected chi connectivity index (χ4v) is 2.59. The molecule has 3 rings (SSSR count). The van der Waals surface area contributed by atoms with Gasteiger partial charge >= 0.3 is 0 Å². The molecule has 0 bridgehead atoms. The van der Waals surface area contributed by atoms with E-state index in [1.165, 1.54) is 0 Å². The average Bonchev–Trinajstić information content (AvgIpc) is 3.10. The second kappa shape index (κ2) is 7.46. The van der Waals surface area contributed by atoms with Crippen LogP contribution in [0.2, 0.25) is 0 Å². The highest BCUT2D eigenvalue weighted by Crippen LogP contribution is 2.18. The molecule has 0 aliphatic carbocycles. The molecule has 0 saturated heterocycles. The first-order valence-electron chi connectivity index (χ1n) is 7.81. The van der Waals surface area contributed by atoms with Gasteiger partial charge in [0.25, 0.3) is 0 Å². The van der Waals surface area contributed by atoms with Gasteiger partial charge in [-0.15, -0.1) is 0 Å². The van der Waals surface area contributed by atoms with Crippen molar-refractivity contribution in [2.45, 2.75) is 19.0 Å². The highest BCUT2D eigenvalue weighted by atomic mass is 16.3. The highest BCUT2D eigenvalue weighted by molar-refractivity contribution is 5.79. The second-order valence-corrected chi connectivity index (χ2v) is 5.56. The zero-order valence-corrected chi connectivity index (χ0v) is 13.2. The van der Waals surface area contributed by atoms with Crippen LogP contribution < -0.4 is 5.32 Å². The van der Waals surface area contributed by atoms with Crippen LogP contribution in [0.3, 0.4) is 0 Å². The van der Waals surface area contributed by atoms with Gasteiger partial charge in [-0.3, -0.25) is 9.48 Å². The number of carbonyl (C=O) groups excluding carboxylic acids is 1. The fraction of sp³-hybridized carbons (Fsp3) is 0.158. The highest BCUT2D eigenvalue weighted by Gasteiger charge is 2.16. The molecule has 3 aromatic rings. The first-order chi connectivity index (χ1) is 11.7. The molecule has 1 aromatic heterocycles. The minimum Gasteiger partial charge on any atom is -0.508 e. The van der Waals surface area contributed by atoms with Crippen molar-refractivity contribution in [3.8, 4) is 5.75 Å². The lowest BCUT2D eigenvalue weighted by atomic mass is 10.1. The molecular formula is C19H19N3O2. The third kappa shape index (κ3) is 4.01. The minimum absolute atomic E-state index is 0.134. The van der Waals surface area contributed by atoms with Crippen molar-refractivity contribution in [1.29, 1.82) is 0 Å². The molecule has 24 heavy (non-hydrogen) atoms. The van der Waals surface area contributed by atoms with Gasteiger partial charge in [0.1, 0.15) is 5.75 Å². The maximum Gasteiger partial charge on any atom is 0.225 e. The maximum atomic E-state index is 12.4. The van der Waals surface area contributed by atoms with Crippen LogP contribution in [0.25, 0.3) is 0 Å². The first-order valence-corrected chi connectivity index (χ1v) is 7.81. The summed E-state index contributed by atoms with van der Waals surface area (Å²) in [5.41, 5.74) is 1.62. The van der Waals surface area contributed by atoms with Crippen LogP contribution >= 0.6 is 0 Å². The van der Waals surface area contributed by atoms with Crippen molar-refractivity contribution in [2.75, 3.05) is 0 Å². The number of hydrogen-bond donors (Lipinski definition) is 2. The van der Waals surface area contributed by atoms with E-state index in [2.05, 4.69) is 10.4 Å². The Bertz CT molecular complexity index is 785. The molecule has 0 aliphatic rings. The number of hydrogen-bond acceptors (Lipinski definition) is 3. The molecule has 2 aromatic carbocycles. The van der Waals surface area contributed by atoms with E-state index in [9.17, 15) is 9.90 Å². The zero-order valence-electron chi connectivity index (χ0n) is 13.2. The van der Waals surface area contributed by atoms with Gasteiger partial charge in [0.05, 0.1) is 19.0 Å². The Hall–Kier alpha value is -3.08. The predicted molar refractivity (Wildman–Crippen MR) is 91.4 cm³/mol. The van der Waals surface area contributed by atoms with E-state index < -0.39 is 0 Å². The molecule has 1 amide bonds. The molecule has 0 fully saturated rings. The summed E-state index contributed by atoms with van der Waals surface area (Å²) in [6, 6.07) is 18.3. The molecule has 0 spiro atoms. The third-order valence-corrected chi connectivity index (χ3v) is 3.81. The molecule has 5 nitrogen and oxygen atoms in total. The largest absolute Gasteiger partial charge is 0.508 e. The van der Waals surface area contributed by atoms with Gasteiger partial charge in [-0.25, -0.2) is 0 Å². The molecule has 0 saturated carbocycles. The van der Waals surface area contributed by atoms with Crippen molar-refractivity contribution in [2.24, 2.45) is 0 Å². The second-order valence-electron chi connectivity index (χ2n) is 5.56. The Morgan fingerprint density at radius 1 is 1.08 bits per heavy atom. The van der Waals surface area contributed by atoms with Crippen molar-refractivity contribution in [3.05, 3.63) is 84.2 Å². The van der Waals surface area contributed by atoms with Gasteiger partial charge in [-0.1, -0.05) is 48.5 Å². The normalized spacial score (nSPS) is 11.8.